The second kappa shape index (κ2) is 6.69. The summed E-state index contributed by atoms with van der Waals surface area (Å²) in [5.74, 6) is 2.39. The number of amides is 1. The third-order valence-electron chi connectivity index (χ3n) is 7.38. The van der Waals surface area contributed by atoms with E-state index in [0.29, 0.717) is 47.7 Å². The molecule has 2 unspecified atom stereocenters. The number of hydrogen-bond acceptors (Lipinski definition) is 7. The number of carbonyl (C=O) groups is 1. The summed E-state index contributed by atoms with van der Waals surface area (Å²) in [6.07, 6.45) is 2.11. The molecule has 4 heterocycles. The molecule has 8 heteroatoms. The number of rotatable bonds is 4. The van der Waals surface area contributed by atoms with Gasteiger partial charge in [-0.2, -0.15) is 4.98 Å². The molecule has 154 valence electrons. The van der Waals surface area contributed by atoms with Crippen LogP contribution >= 0.6 is 0 Å². The molecule has 1 aromatic heterocycles. The van der Waals surface area contributed by atoms with Crippen LogP contribution in [0.2, 0.25) is 0 Å². The summed E-state index contributed by atoms with van der Waals surface area (Å²) in [6.45, 7) is 9.60. The standard InChI is InChI=1S/C20H31N5O3/c1-11(2)23(4)19(26)18-16-7-24(8-17(16)18)13-5-14-9-27-10-15(6-13)25(14)20-21-12(3)22-28-20/h11,13-18H,5-10H2,1-4H3/t13?,14?,15?,16-,17+,18+. The zero-order valence-corrected chi connectivity index (χ0v) is 17.2. The first-order valence-electron chi connectivity index (χ1n) is 10.6. The highest BCUT2D eigenvalue weighted by atomic mass is 16.5. The Labute approximate surface area is 166 Å². The normalized spacial score (nSPS) is 37.2. The number of morpholine rings is 1. The molecule has 1 aromatic rings. The van der Waals surface area contributed by atoms with Gasteiger partial charge >= 0.3 is 6.01 Å². The number of anilines is 1. The number of hydrogen-bond donors (Lipinski definition) is 0. The van der Waals surface area contributed by atoms with Gasteiger partial charge in [0.1, 0.15) is 0 Å². The fourth-order valence-corrected chi connectivity index (χ4v) is 5.60. The lowest BCUT2D eigenvalue weighted by atomic mass is 9.89. The molecule has 28 heavy (non-hydrogen) atoms. The van der Waals surface area contributed by atoms with E-state index in [2.05, 4.69) is 33.8 Å². The Balaban J connectivity index is 1.22. The van der Waals surface area contributed by atoms with Crippen molar-refractivity contribution >= 4 is 11.9 Å². The van der Waals surface area contributed by atoms with Crippen molar-refractivity contribution < 1.29 is 14.1 Å². The molecule has 0 spiro atoms. The van der Waals surface area contributed by atoms with E-state index in [1.54, 1.807) is 0 Å². The van der Waals surface area contributed by atoms with Crippen LogP contribution in [-0.2, 0) is 9.53 Å². The van der Waals surface area contributed by atoms with Crippen LogP contribution in [0.1, 0.15) is 32.5 Å². The van der Waals surface area contributed by atoms with Crippen LogP contribution in [-0.4, -0.2) is 83.4 Å². The molecular weight excluding hydrogens is 358 g/mol. The van der Waals surface area contributed by atoms with Crippen molar-refractivity contribution in [3.63, 3.8) is 0 Å². The Morgan fingerprint density at radius 1 is 1.14 bits per heavy atom. The quantitative estimate of drug-likeness (QED) is 0.765. The fraction of sp³-hybridized carbons (Fsp3) is 0.850. The molecule has 1 amide bonds. The van der Waals surface area contributed by atoms with Gasteiger partial charge in [-0.05, 0) is 45.4 Å². The Hall–Kier alpha value is -1.67. The molecule has 0 radical (unpaired) electrons. The number of ether oxygens (including phenoxy) is 1. The topological polar surface area (TPSA) is 74.9 Å². The van der Waals surface area contributed by atoms with Crippen LogP contribution in [0.4, 0.5) is 6.01 Å². The van der Waals surface area contributed by atoms with Gasteiger partial charge in [0, 0.05) is 38.1 Å². The number of aromatic nitrogens is 2. The molecule has 3 aliphatic heterocycles. The van der Waals surface area contributed by atoms with E-state index in [-0.39, 0.29) is 12.0 Å². The molecule has 4 aliphatic rings. The maximum atomic E-state index is 12.7. The van der Waals surface area contributed by atoms with Gasteiger partial charge in [-0.15, -0.1) is 0 Å². The van der Waals surface area contributed by atoms with Gasteiger partial charge in [-0.1, -0.05) is 5.16 Å². The first kappa shape index (κ1) is 18.4. The number of nitrogens with zero attached hydrogens (tertiary/aromatic N) is 5. The van der Waals surface area contributed by atoms with E-state index < -0.39 is 0 Å². The van der Waals surface area contributed by atoms with Gasteiger partial charge in [-0.25, -0.2) is 0 Å². The predicted molar refractivity (Wildman–Crippen MR) is 103 cm³/mol. The lowest BCUT2D eigenvalue weighted by Gasteiger charge is -2.49. The second-order valence-corrected chi connectivity index (χ2v) is 9.35. The lowest BCUT2D eigenvalue weighted by molar-refractivity contribution is -0.133. The van der Waals surface area contributed by atoms with E-state index in [9.17, 15) is 4.79 Å². The minimum Gasteiger partial charge on any atom is -0.377 e. The van der Waals surface area contributed by atoms with Crippen molar-refractivity contribution in [3.05, 3.63) is 5.82 Å². The zero-order valence-electron chi connectivity index (χ0n) is 17.2. The zero-order chi connectivity index (χ0) is 19.6. The van der Waals surface area contributed by atoms with Gasteiger partial charge in [0.05, 0.1) is 25.3 Å². The van der Waals surface area contributed by atoms with E-state index in [1.165, 1.54) is 0 Å². The van der Waals surface area contributed by atoms with Crippen LogP contribution in [0.25, 0.3) is 0 Å². The Bertz CT molecular complexity index is 726. The Morgan fingerprint density at radius 3 is 2.32 bits per heavy atom. The molecular formula is C20H31N5O3. The first-order chi connectivity index (χ1) is 13.4. The molecule has 5 rings (SSSR count). The highest BCUT2D eigenvalue weighted by Gasteiger charge is 2.61. The number of carbonyl (C=O) groups excluding carboxylic acids is 1. The number of fused-ring (bicyclic) bond motifs is 3. The third kappa shape index (κ3) is 2.92. The van der Waals surface area contributed by atoms with Crippen molar-refractivity contribution in [1.82, 2.24) is 19.9 Å². The van der Waals surface area contributed by atoms with Gasteiger partial charge < -0.3 is 19.1 Å². The molecule has 8 nitrogen and oxygen atoms in total. The molecule has 1 aliphatic carbocycles. The van der Waals surface area contributed by atoms with E-state index in [0.717, 1.165) is 39.1 Å². The Morgan fingerprint density at radius 2 is 1.79 bits per heavy atom. The summed E-state index contributed by atoms with van der Waals surface area (Å²) in [5.41, 5.74) is 0. The lowest BCUT2D eigenvalue weighted by Crippen LogP contribution is -2.61. The summed E-state index contributed by atoms with van der Waals surface area (Å²) in [5, 5.41) is 3.97. The molecule has 4 fully saturated rings. The summed E-state index contributed by atoms with van der Waals surface area (Å²) in [4.78, 5) is 24.0. The van der Waals surface area contributed by atoms with Crippen molar-refractivity contribution in [2.45, 2.75) is 57.8 Å². The van der Waals surface area contributed by atoms with Crippen molar-refractivity contribution in [1.29, 1.82) is 0 Å². The van der Waals surface area contributed by atoms with Crippen molar-refractivity contribution in [2.24, 2.45) is 17.8 Å². The molecule has 3 saturated heterocycles. The van der Waals surface area contributed by atoms with Crippen molar-refractivity contribution in [2.75, 3.05) is 38.3 Å². The summed E-state index contributed by atoms with van der Waals surface area (Å²) in [7, 11) is 1.94. The molecule has 5 atom stereocenters. The van der Waals surface area contributed by atoms with Crippen LogP contribution in [0.15, 0.2) is 4.52 Å². The highest BCUT2D eigenvalue weighted by molar-refractivity contribution is 5.82. The summed E-state index contributed by atoms with van der Waals surface area (Å²) in [6, 6.07) is 2.06. The smallest absolute Gasteiger partial charge is 0.324 e. The third-order valence-corrected chi connectivity index (χ3v) is 7.38. The van der Waals surface area contributed by atoms with Gasteiger partial charge in [0.25, 0.3) is 0 Å². The minimum absolute atomic E-state index is 0.257. The average molecular weight is 390 g/mol. The number of aryl methyl sites for hydroxylation is 1. The summed E-state index contributed by atoms with van der Waals surface area (Å²) < 4.78 is 11.3. The SMILES string of the molecule is Cc1noc(N2C3COCC2CC(N2C[C@@H]4[C@H](C2)[C@H]4C(=O)N(C)C(C)C)C3)n1. The van der Waals surface area contributed by atoms with Crippen LogP contribution in [0.3, 0.4) is 0 Å². The van der Waals surface area contributed by atoms with Crippen molar-refractivity contribution in [3.8, 4) is 0 Å². The first-order valence-corrected chi connectivity index (χ1v) is 10.6. The monoisotopic (exact) mass is 389 g/mol. The summed E-state index contributed by atoms with van der Waals surface area (Å²) >= 11 is 0. The largest absolute Gasteiger partial charge is 0.377 e. The Kier molecular flexibility index (Phi) is 4.39. The molecule has 1 saturated carbocycles. The van der Waals surface area contributed by atoms with Crippen LogP contribution in [0, 0.1) is 24.7 Å². The highest BCUT2D eigenvalue weighted by Crippen LogP contribution is 2.54. The second-order valence-electron chi connectivity index (χ2n) is 9.35. The predicted octanol–water partition coefficient (Wildman–Crippen LogP) is 1.16. The van der Waals surface area contributed by atoms with Gasteiger partial charge in [0.2, 0.25) is 5.91 Å². The molecule has 0 aromatic carbocycles. The number of piperidine rings is 2. The van der Waals surface area contributed by atoms with E-state index in [4.69, 9.17) is 9.26 Å². The van der Waals surface area contributed by atoms with Crippen LogP contribution in [0.5, 0.6) is 0 Å². The average Bonchev–Trinajstić information content (AvgIpc) is 2.98. The molecule has 0 N–H and O–H groups in total. The van der Waals surface area contributed by atoms with Gasteiger partial charge in [-0.3, -0.25) is 9.69 Å². The fourth-order valence-electron chi connectivity index (χ4n) is 5.60. The van der Waals surface area contributed by atoms with Gasteiger partial charge in [0.15, 0.2) is 5.82 Å². The van der Waals surface area contributed by atoms with Crippen LogP contribution < -0.4 is 4.90 Å². The minimum atomic E-state index is 0.257. The number of likely N-dealkylation sites (tertiary alicyclic amines) is 1. The van der Waals surface area contributed by atoms with E-state index in [1.807, 2.05) is 18.9 Å². The maximum Gasteiger partial charge on any atom is 0.324 e. The maximum absolute atomic E-state index is 12.7. The molecule has 2 bridgehead atoms. The van der Waals surface area contributed by atoms with E-state index >= 15 is 0 Å².